The molecule has 0 saturated heterocycles. The van der Waals surface area contributed by atoms with Crippen LogP contribution in [0.4, 0.5) is 0 Å². The second-order valence-corrected chi connectivity index (χ2v) is 4.35. The molecule has 0 heterocycles. The number of esters is 1. The molecule has 1 aliphatic rings. The third kappa shape index (κ3) is 2.61. The van der Waals surface area contributed by atoms with E-state index in [4.69, 9.17) is 5.73 Å². The van der Waals surface area contributed by atoms with Gasteiger partial charge in [0.1, 0.15) is 6.04 Å². The van der Waals surface area contributed by atoms with Crippen molar-refractivity contribution in [2.75, 3.05) is 7.11 Å². The summed E-state index contributed by atoms with van der Waals surface area (Å²) >= 11 is 0. The van der Waals surface area contributed by atoms with Gasteiger partial charge in [-0.15, -0.1) is 0 Å². The molecular weight excluding hydrogens is 202 g/mol. The van der Waals surface area contributed by atoms with Crippen LogP contribution >= 0.6 is 0 Å². The molecule has 16 heavy (non-hydrogen) atoms. The molecule has 0 amide bonds. The van der Waals surface area contributed by atoms with Gasteiger partial charge in [0.2, 0.25) is 0 Å². The zero-order valence-electron chi connectivity index (χ0n) is 9.48. The van der Waals surface area contributed by atoms with Crippen molar-refractivity contribution < 1.29 is 9.53 Å². The molecule has 0 aromatic heterocycles. The van der Waals surface area contributed by atoms with Crippen LogP contribution in [0.2, 0.25) is 0 Å². The molecular formula is C13H17NO2. The second kappa shape index (κ2) is 4.66. The van der Waals surface area contributed by atoms with E-state index in [1.807, 2.05) is 0 Å². The van der Waals surface area contributed by atoms with Crippen molar-refractivity contribution in [1.82, 2.24) is 0 Å². The van der Waals surface area contributed by atoms with Gasteiger partial charge in [-0.25, -0.2) is 0 Å². The van der Waals surface area contributed by atoms with E-state index >= 15 is 0 Å². The highest BCUT2D eigenvalue weighted by molar-refractivity contribution is 5.75. The first kappa shape index (κ1) is 11.1. The van der Waals surface area contributed by atoms with Gasteiger partial charge in [-0.1, -0.05) is 24.3 Å². The molecule has 0 radical (unpaired) electrons. The lowest BCUT2D eigenvalue weighted by Crippen LogP contribution is -2.33. The molecule has 1 saturated carbocycles. The van der Waals surface area contributed by atoms with Crippen LogP contribution in [0.1, 0.15) is 29.9 Å². The molecule has 1 unspecified atom stereocenters. The van der Waals surface area contributed by atoms with E-state index in [-0.39, 0.29) is 5.97 Å². The van der Waals surface area contributed by atoms with E-state index in [1.54, 1.807) is 0 Å². The topological polar surface area (TPSA) is 52.3 Å². The number of ether oxygens (including phenoxy) is 1. The van der Waals surface area contributed by atoms with Crippen molar-refractivity contribution >= 4 is 5.97 Å². The normalized spacial score (nSPS) is 16.9. The molecule has 1 atom stereocenters. The molecule has 0 spiro atoms. The van der Waals surface area contributed by atoms with E-state index in [2.05, 4.69) is 29.0 Å². The lowest BCUT2D eigenvalue weighted by Gasteiger charge is -2.09. The average Bonchev–Trinajstić information content (AvgIpc) is 3.13. The van der Waals surface area contributed by atoms with Gasteiger partial charge in [0.25, 0.3) is 0 Å². The van der Waals surface area contributed by atoms with Crippen LogP contribution in [0.3, 0.4) is 0 Å². The maximum Gasteiger partial charge on any atom is 0.322 e. The predicted octanol–water partition coefficient (Wildman–Crippen LogP) is 1.61. The average molecular weight is 219 g/mol. The Morgan fingerprint density at radius 1 is 1.44 bits per heavy atom. The molecule has 0 aliphatic heterocycles. The minimum atomic E-state index is -0.559. The monoisotopic (exact) mass is 219 g/mol. The fourth-order valence-corrected chi connectivity index (χ4v) is 1.83. The first-order valence-corrected chi connectivity index (χ1v) is 5.63. The third-order valence-corrected chi connectivity index (χ3v) is 2.99. The number of methoxy groups -OCH3 is 1. The van der Waals surface area contributed by atoms with Crippen LogP contribution in [0.5, 0.6) is 0 Å². The van der Waals surface area contributed by atoms with E-state index in [9.17, 15) is 4.79 Å². The SMILES string of the molecule is COC(=O)C(N)Cc1ccc(C2CC2)cc1. The Hall–Kier alpha value is -1.35. The summed E-state index contributed by atoms with van der Waals surface area (Å²) in [6.45, 7) is 0. The maximum absolute atomic E-state index is 11.2. The number of benzene rings is 1. The Bertz CT molecular complexity index is 368. The molecule has 3 heteroatoms. The van der Waals surface area contributed by atoms with Crippen molar-refractivity contribution in [3.8, 4) is 0 Å². The van der Waals surface area contributed by atoms with Crippen LogP contribution < -0.4 is 5.73 Å². The highest BCUT2D eigenvalue weighted by Gasteiger charge is 2.23. The Morgan fingerprint density at radius 2 is 2.06 bits per heavy atom. The van der Waals surface area contributed by atoms with Crippen molar-refractivity contribution in [3.63, 3.8) is 0 Å². The van der Waals surface area contributed by atoms with Crippen LogP contribution in [-0.2, 0) is 16.0 Å². The number of hydrogen-bond donors (Lipinski definition) is 1. The van der Waals surface area contributed by atoms with Crippen LogP contribution in [0.15, 0.2) is 24.3 Å². The van der Waals surface area contributed by atoms with Gasteiger partial charge in [0.15, 0.2) is 0 Å². The van der Waals surface area contributed by atoms with E-state index < -0.39 is 6.04 Å². The molecule has 1 aliphatic carbocycles. The molecule has 3 nitrogen and oxygen atoms in total. The van der Waals surface area contributed by atoms with Crippen molar-refractivity contribution in [2.24, 2.45) is 5.73 Å². The number of nitrogens with two attached hydrogens (primary N) is 1. The molecule has 2 rings (SSSR count). The Labute approximate surface area is 95.6 Å². The summed E-state index contributed by atoms with van der Waals surface area (Å²) in [5.74, 6) is 0.412. The second-order valence-electron chi connectivity index (χ2n) is 4.35. The Kier molecular flexibility index (Phi) is 3.25. The first-order valence-electron chi connectivity index (χ1n) is 5.63. The standard InChI is InChI=1S/C13H17NO2/c1-16-13(15)12(14)8-9-2-4-10(5-3-9)11-6-7-11/h2-5,11-12H,6-8,14H2,1H3. The number of hydrogen-bond acceptors (Lipinski definition) is 3. The number of rotatable bonds is 4. The summed E-state index contributed by atoms with van der Waals surface area (Å²) in [6.07, 6.45) is 3.15. The maximum atomic E-state index is 11.2. The summed E-state index contributed by atoms with van der Waals surface area (Å²) in [5, 5.41) is 0. The number of carbonyl (C=O) groups is 1. The minimum Gasteiger partial charge on any atom is -0.468 e. The van der Waals surface area contributed by atoms with Crippen LogP contribution in [0, 0.1) is 0 Å². The van der Waals surface area contributed by atoms with E-state index in [0.717, 1.165) is 11.5 Å². The molecule has 0 bridgehead atoms. The van der Waals surface area contributed by atoms with Gasteiger partial charge >= 0.3 is 5.97 Å². The first-order chi connectivity index (χ1) is 7.70. The summed E-state index contributed by atoms with van der Waals surface area (Å²) in [7, 11) is 1.36. The van der Waals surface area contributed by atoms with Gasteiger partial charge in [-0.3, -0.25) is 4.79 Å². The summed E-state index contributed by atoms with van der Waals surface area (Å²) in [5.41, 5.74) is 8.18. The zero-order valence-corrected chi connectivity index (χ0v) is 9.48. The van der Waals surface area contributed by atoms with Crippen LogP contribution in [0.25, 0.3) is 0 Å². The van der Waals surface area contributed by atoms with Crippen LogP contribution in [-0.4, -0.2) is 19.1 Å². The van der Waals surface area contributed by atoms with Gasteiger partial charge in [-0.05, 0) is 36.3 Å². The largest absolute Gasteiger partial charge is 0.468 e. The summed E-state index contributed by atoms with van der Waals surface area (Å²) < 4.78 is 4.59. The molecule has 1 aromatic rings. The summed E-state index contributed by atoms with van der Waals surface area (Å²) in [4.78, 5) is 11.2. The van der Waals surface area contributed by atoms with E-state index in [0.29, 0.717) is 6.42 Å². The van der Waals surface area contributed by atoms with Crippen molar-refractivity contribution in [1.29, 1.82) is 0 Å². The third-order valence-electron chi connectivity index (χ3n) is 2.99. The van der Waals surface area contributed by atoms with Gasteiger partial charge in [0, 0.05) is 0 Å². The van der Waals surface area contributed by atoms with Gasteiger partial charge in [-0.2, -0.15) is 0 Å². The van der Waals surface area contributed by atoms with Gasteiger partial charge in [0.05, 0.1) is 7.11 Å². The highest BCUT2D eigenvalue weighted by Crippen LogP contribution is 2.39. The zero-order chi connectivity index (χ0) is 11.5. The predicted molar refractivity (Wildman–Crippen MR) is 62.1 cm³/mol. The molecule has 2 N–H and O–H groups in total. The number of carbonyl (C=O) groups excluding carboxylic acids is 1. The molecule has 1 aromatic carbocycles. The smallest absolute Gasteiger partial charge is 0.322 e. The minimum absolute atomic E-state index is 0.355. The lowest BCUT2D eigenvalue weighted by atomic mass is 10.0. The summed E-state index contributed by atoms with van der Waals surface area (Å²) in [6, 6.07) is 7.82. The Balaban J connectivity index is 1.96. The van der Waals surface area contributed by atoms with Gasteiger partial charge < -0.3 is 10.5 Å². The van der Waals surface area contributed by atoms with E-state index in [1.165, 1.54) is 25.5 Å². The highest BCUT2D eigenvalue weighted by atomic mass is 16.5. The fourth-order valence-electron chi connectivity index (χ4n) is 1.83. The van der Waals surface area contributed by atoms with Crippen molar-refractivity contribution in [3.05, 3.63) is 35.4 Å². The molecule has 1 fully saturated rings. The van der Waals surface area contributed by atoms with Crippen molar-refractivity contribution in [2.45, 2.75) is 31.2 Å². The fraction of sp³-hybridized carbons (Fsp3) is 0.462. The lowest BCUT2D eigenvalue weighted by molar-refractivity contribution is -0.142. The quantitative estimate of drug-likeness (QED) is 0.783. The Morgan fingerprint density at radius 3 is 2.56 bits per heavy atom. The molecule has 86 valence electrons.